The van der Waals surface area contributed by atoms with Crippen molar-refractivity contribution in [2.45, 2.75) is 51.2 Å². The highest BCUT2D eigenvalue weighted by Gasteiger charge is 2.47. The molecule has 0 aromatic carbocycles. The van der Waals surface area contributed by atoms with Gasteiger partial charge < -0.3 is 4.74 Å². The lowest BCUT2D eigenvalue weighted by molar-refractivity contribution is -0.00238. The van der Waals surface area contributed by atoms with Crippen LogP contribution in [-0.4, -0.2) is 35.1 Å². The summed E-state index contributed by atoms with van der Waals surface area (Å²) < 4.78 is 31.4. The molecule has 0 N–H and O–H groups in total. The van der Waals surface area contributed by atoms with Crippen molar-refractivity contribution in [3.63, 3.8) is 0 Å². The van der Waals surface area contributed by atoms with Crippen molar-refractivity contribution >= 4 is 6.09 Å². The van der Waals surface area contributed by atoms with Gasteiger partial charge in [0.1, 0.15) is 5.60 Å². The Morgan fingerprint density at radius 2 is 2.18 bits per heavy atom. The fourth-order valence-electron chi connectivity index (χ4n) is 1.72. The molecule has 4 nitrogen and oxygen atoms in total. The van der Waals surface area contributed by atoms with Gasteiger partial charge in [-0.1, -0.05) is 0 Å². The molecule has 1 amide bonds. The summed E-state index contributed by atoms with van der Waals surface area (Å²) in [5.74, 6) is -2.93. The average molecular weight is 246 g/mol. The highest BCUT2D eigenvalue weighted by atomic mass is 19.3. The monoisotopic (exact) mass is 246 g/mol. The van der Waals surface area contributed by atoms with Crippen molar-refractivity contribution in [3.8, 4) is 6.07 Å². The molecule has 1 aliphatic rings. The first kappa shape index (κ1) is 13.7. The number of carbonyl (C=O) groups is 1. The van der Waals surface area contributed by atoms with Crippen molar-refractivity contribution in [1.82, 2.24) is 4.90 Å². The number of amides is 1. The topological polar surface area (TPSA) is 53.3 Å². The molecule has 0 bridgehead atoms. The number of hydrogen-bond donors (Lipinski definition) is 0. The molecular formula is C11H16F2N2O2. The molecule has 6 heteroatoms. The van der Waals surface area contributed by atoms with Crippen LogP contribution in [0.5, 0.6) is 0 Å². The van der Waals surface area contributed by atoms with E-state index >= 15 is 0 Å². The summed E-state index contributed by atoms with van der Waals surface area (Å²) in [6.45, 7) is 4.32. The van der Waals surface area contributed by atoms with E-state index in [0.29, 0.717) is 0 Å². The third kappa shape index (κ3) is 3.84. The number of halogens is 2. The highest BCUT2D eigenvalue weighted by Crippen LogP contribution is 2.34. The molecule has 17 heavy (non-hydrogen) atoms. The van der Waals surface area contributed by atoms with Crippen LogP contribution in [0, 0.1) is 11.3 Å². The molecule has 1 atom stereocenters. The number of ether oxygens (including phenoxy) is 1. The third-order valence-corrected chi connectivity index (χ3v) is 2.33. The number of likely N-dealkylation sites (tertiary alicyclic amines) is 1. The lowest BCUT2D eigenvalue weighted by Gasteiger charge is -2.27. The fraction of sp³-hybridized carbons (Fsp3) is 0.818. The average Bonchev–Trinajstić information content (AvgIpc) is 2.39. The molecule has 1 unspecified atom stereocenters. The molecule has 1 aliphatic heterocycles. The first-order chi connectivity index (χ1) is 7.64. The van der Waals surface area contributed by atoms with E-state index in [1.165, 1.54) is 0 Å². The molecule has 0 radical (unpaired) electrons. The number of hydrogen-bond acceptors (Lipinski definition) is 3. The largest absolute Gasteiger partial charge is 0.444 e. The zero-order valence-corrected chi connectivity index (χ0v) is 10.2. The van der Waals surface area contributed by atoms with Crippen molar-refractivity contribution in [1.29, 1.82) is 5.26 Å². The number of rotatable bonds is 1. The Kier molecular flexibility index (Phi) is 3.60. The summed E-state index contributed by atoms with van der Waals surface area (Å²) in [6.07, 6.45) is -1.36. The van der Waals surface area contributed by atoms with Crippen LogP contribution in [0.25, 0.3) is 0 Å². The fourth-order valence-corrected chi connectivity index (χ4v) is 1.72. The maximum Gasteiger partial charge on any atom is 0.410 e. The Bertz CT molecular complexity index is 344. The van der Waals surface area contributed by atoms with Crippen LogP contribution in [0.4, 0.5) is 13.6 Å². The van der Waals surface area contributed by atoms with Crippen LogP contribution in [0.2, 0.25) is 0 Å². The van der Waals surface area contributed by atoms with E-state index in [1.54, 1.807) is 20.8 Å². The normalized spacial score (nSPS) is 23.3. The summed E-state index contributed by atoms with van der Waals surface area (Å²) in [6, 6.07) is 1.05. The lowest BCUT2D eigenvalue weighted by Crippen LogP contribution is -2.40. The summed E-state index contributed by atoms with van der Waals surface area (Å²) in [5, 5.41) is 8.56. The van der Waals surface area contributed by atoms with E-state index in [-0.39, 0.29) is 6.42 Å². The molecular weight excluding hydrogens is 230 g/mol. The van der Waals surface area contributed by atoms with Crippen LogP contribution in [0.3, 0.4) is 0 Å². The van der Waals surface area contributed by atoms with Gasteiger partial charge in [-0.05, 0) is 20.8 Å². The van der Waals surface area contributed by atoms with Gasteiger partial charge >= 0.3 is 6.09 Å². The van der Waals surface area contributed by atoms with Gasteiger partial charge in [-0.15, -0.1) is 0 Å². The van der Waals surface area contributed by atoms with Crippen LogP contribution in [-0.2, 0) is 4.74 Å². The molecule has 1 saturated heterocycles. The molecule has 1 heterocycles. The zero-order chi connectivity index (χ0) is 13.3. The summed E-state index contributed by atoms with van der Waals surface area (Å²) in [7, 11) is 0. The van der Waals surface area contributed by atoms with Gasteiger partial charge in [0.25, 0.3) is 5.92 Å². The second-order valence-electron chi connectivity index (χ2n) is 5.18. The highest BCUT2D eigenvalue weighted by molar-refractivity contribution is 5.69. The smallest absolute Gasteiger partial charge is 0.410 e. The van der Waals surface area contributed by atoms with Crippen molar-refractivity contribution in [3.05, 3.63) is 0 Å². The maximum atomic E-state index is 13.2. The summed E-state index contributed by atoms with van der Waals surface area (Å²) >= 11 is 0. The Morgan fingerprint density at radius 3 is 2.65 bits per heavy atom. The molecule has 0 saturated carbocycles. The predicted octanol–water partition coefficient (Wildman–Crippen LogP) is 2.54. The van der Waals surface area contributed by atoms with Crippen LogP contribution in [0.1, 0.15) is 33.6 Å². The Morgan fingerprint density at radius 1 is 1.59 bits per heavy atom. The summed E-state index contributed by atoms with van der Waals surface area (Å²) in [4.78, 5) is 12.6. The van der Waals surface area contributed by atoms with Crippen molar-refractivity contribution in [2.75, 3.05) is 6.54 Å². The first-order valence-electron chi connectivity index (χ1n) is 5.39. The van der Waals surface area contributed by atoms with Crippen molar-refractivity contribution in [2.24, 2.45) is 0 Å². The van der Waals surface area contributed by atoms with Crippen LogP contribution >= 0.6 is 0 Å². The first-order valence-corrected chi connectivity index (χ1v) is 5.39. The number of carbonyl (C=O) groups excluding carboxylic acids is 1. The van der Waals surface area contributed by atoms with Crippen LogP contribution in [0.15, 0.2) is 0 Å². The van der Waals surface area contributed by atoms with Gasteiger partial charge in [0, 0.05) is 6.42 Å². The quantitative estimate of drug-likeness (QED) is 0.714. The summed E-state index contributed by atoms with van der Waals surface area (Å²) in [5.41, 5.74) is -0.730. The van der Waals surface area contributed by atoms with E-state index in [2.05, 4.69) is 0 Å². The zero-order valence-electron chi connectivity index (χ0n) is 10.2. The Labute approximate surface area is 99.1 Å². The molecule has 0 aliphatic carbocycles. The number of nitrogens with zero attached hydrogens (tertiary/aromatic N) is 2. The minimum absolute atomic E-state index is 0.102. The van der Waals surface area contributed by atoms with E-state index in [9.17, 15) is 13.6 Å². The lowest BCUT2D eigenvalue weighted by atomic mass is 10.1. The molecule has 1 fully saturated rings. The van der Waals surface area contributed by atoms with E-state index in [4.69, 9.17) is 10.00 Å². The predicted molar refractivity (Wildman–Crippen MR) is 56.5 cm³/mol. The van der Waals surface area contributed by atoms with Gasteiger partial charge in [0.15, 0.2) is 0 Å². The van der Waals surface area contributed by atoms with Gasteiger partial charge in [0.2, 0.25) is 0 Å². The minimum Gasteiger partial charge on any atom is -0.444 e. The number of alkyl halides is 2. The van der Waals surface area contributed by atoms with Crippen LogP contribution < -0.4 is 0 Å². The Balaban J connectivity index is 2.74. The molecule has 0 spiro atoms. The molecule has 0 aromatic rings. The molecule has 1 rings (SSSR count). The third-order valence-electron chi connectivity index (χ3n) is 2.33. The SMILES string of the molecule is CC(C)(C)OC(=O)N1CC(F)(F)CC1CC#N. The van der Waals surface area contributed by atoms with Gasteiger partial charge in [0.05, 0.1) is 25.1 Å². The van der Waals surface area contributed by atoms with E-state index in [0.717, 1.165) is 4.90 Å². The second-order valence-corrected chi connectivity index (χ2v) is 5.18. The molecule has 96 valence electrons. The van der Waals surface area contributed by atoms with E-state index in [1.807, 2.05) is 6.07 Å². The van der Waals surface area contributed by atoms with Crippen molar-refractivity contribution < 1.29 is 18.3 Å². The second kappa shape index (κ2) is 4.47. The van der Waals surface area contributed by atoms with Gasteiger partial charge in [-0.2, -0.15) is 5.26 Å². The number of nitriles is 1. The van der Waals surface area contributed by atoms with Gasteiger partial charge in [-0.25, -0.2) is 13.6 Å². The minimum atomic E-state index is -2.93. The van der Waals surface area contributed by atoms with E-state index < -0.39 is 36.6 Å². The Hall–Kier alpha value is -1.38. The van der Waals surface area contributed by atoms with Gasteiger partial charge in [-0.3, -0.25) is 4.90 Å². The standard InChI is InChI=1S/C11H16F2N2O2/c1-10(2,3)17-9(16)15-7-11(12,13)6-8(15)4-5-14/h8H,4,6-7H2,1-3H3. The maximum absolute atomic E-state index is 13.2. The molecule has 0 aromatic heterocycles.